The summed E-state index contributed by atoms with van der Waals surface area (Å²) in [6.07, 6.45) is 0. The van der Waals surface area contributed by atoms with E-state index >= 15 is 0 Å². The molecule has 13 aromatic rings. The van der Waals surface area contributed by atoms with Gasteiger partial charge in [-0.05, 0) is 116 Å². The van der Waals surface area contributed by atoms with E-state index in [1.165, 1.54) is 32.7 Å². The number of nitrogens with zero attached hydrogens (tertiary/aromatic N) is 1. The highest BCUT2D eigenvalue weighted by atomic mass is 16.3. The summed E-state index contributed by atoms with van der Waals surface area (Å²) in [5.41, 5.74) is 13.7. The van der Waals surface area contributed by atoms with E-state index in [4.69, 9.17) is 8.83 Å². The molecule has 13 rings (SSSR count). The molecule has 0 atom stereocenters. The Kier molecular flexibility index (Phi) is 7.91. The van der Waals surface area contributed by atoms with E-state index in [-0.39, 0.29) is 0 Å². The molecule has 0 spiro atoms. The van der Waals surface area contributed by atoms with Crippen molar-refractivity contribution in [1.82, 2.24) is 0 Å². The van der Waals surface area contributed by atoms with Crippen LogP contribution in [0.1, 0.15) is 0 Å². The minimum atomic E-state index is 0.884. The van der Waals surface area contributed by atoms with Gasteiger partial charge in [-0.15, -0.1) is 0 Å². The zero-order valence-corrected chi connectivity index (χ0v) is 34.1. The molecule has 0 aliphatic heterocycles. The van der Waals surface area contributed by atoms with Crippen LogP contribution in [0.3, 0.4) is 0 Å². The number of benzene rings is 11. The van der Waals surface area contributed by atoms with Crippen molar-refractivity contribution in [2.24, 2.45) is 0 Å². The first-order chi connectivity index (χ1) is 31.2. The molecular weight excluding hydrogens is 767 g/mol. The highest BCUT2D eigenvalue weighted by Gasteiger charge is 2.19. The number of hydrogen-bond donors (Lipinski definition) is 0. The van der Waals surface area contributed by atoms with E-state index in [1.807, 2.05) is 0 Å². The standard InChI is InChI=1S/C60H37NO2/c1-4-17-47-38(11-1)14-8-20-48(47)41-25-31-44(32-26-41)61(45-33-27-42(28-34-45)49-21-9-23-55-57(49)53-35-29-39-12-2-5-18-51(39)59(53)62-55)46-16-7-15-43(37-46)50-22-10-24-56-58(50)54-36-30-40-13-3-6-19-52(40)60(54)63-56/h1-37H. The second-order valence-corrected chi connectivity index (χ2v) is 16.4. The maximum absolute atomic E-state index is 6.61. The van der Waals surface area contributed by atoms with Gasteiger partial charge in [0.15, 0.2) is 0 Å². The van der Waals surface area contributed by atoms with Gasteiger partial charge >= 0.3 is 0 Å². The van der Waals surface area contributed by atoms with Crippen molar-refractivity contribution in [1.29, 1.82) is 0 Å². The van der Waals surface area contributed by atoms with Gasteiger partial charge in [0.25, 0.3) is 0 Å². The van der Waals surface area contributed by atoms with Crippen LogP contribution in [0.5, 0.6) is 0 Å². The van der Waals surface area contributed by atoms with Gasteiger partial charge in [0.2, 0.25) is 0 Å². The van der Waals surface area contributed by atoms with Crippen molar-refractivity contribution >= 4 is 93.3 Å². The van der Waals surface area contributed by atoms with E-state index in [0.717, 1.165) is 94.0 Å². The molecule has 0 saturated carbocycles. The van der Waals surface area contributed by atoms with Crippen molar-refractivity contribution < 1.29 is 8.83 Å². The van der Waals surface area contributed by atoms with E-state index in [2.05, 4.69) is 229 Å². The molecule has 0 aliphatic carbocycles. The molecule has 63 heavy (non-hydrogen) atoms. The molecule has 0 amide bonds. The Labute approximate surface area is 363 Å². The van der Waals surface area contributed by atoms with Gasteiger partial charge < -0.3 is 13.7 Å². The quantitative estimate of drug-likeness (QED) is 0.168. The maximum Gasteiger partial charge on any atom is 0.143 e. The average molecular weight is 804 g/mol. The van der Waals surface area contributed by atoms with Gasteiger partial charge in [-0.2, -0.15) is 0 Å². The molecule has 0 saturated heterocycles. The summed E-state index contributed by atoms with van der Waals surface area (Å²) < 4.78 is 13.2. The van der Waals surface area contributed by atoms with Crippen LogP contribution in [-0.4, -0.2) is 0 Å². The molecule has 294 valence electrons. The molecule has 0 bridgehead atoms. The summed E-state index contributed by atoms with van der Waals surface area (Å²) in [4.78, 5) is 2.36. The second-order valence-electron chi connectivity index (χ2n) is 16.4. The summed E-state index contributed by atoms with van der Waals surface area (Å²) in [6, 6.07) is 80.5. The number of rotatable bonds is 6. The van der Waals surface area contributed by atoms with Crippen LogP contribution >= 0.6 is 0 Å². The first kappa shape index (κ1) is 35.4. The molecule has 0 fully saturated rings. The maximum atomic E-state index is 6.61. The lowest BCUT2D eigenvalue weighted by atomic mass is 9.96. The third kappa shape index (κ3) is 5.67. The average Bonchev–Trinajstić information content (AvgIpc) is 3.94. The predicted molar refractivity (Wildman–Crippen MR) is 265 cm³/mol. The SMILES string of the molecule is c1cc(-c2cccc3oc4c5ccccc5ccc4c23)cc(N(c2ccc(-c3cccc4ccccc34)cc2)c2ccc(-c3cccc4oc5c6ccccc6ccc5c34)cc2)c1. The Balaban J connectivity index is 0.954. The van der Waals surface area contributed by atoms with Crippen LogP contribution in [0.15, 0.2) is 233 Å². The van der Waals surface area contributed by atoms with Crippen LogP contribution in [0.4, 0.5) is 17.1 Å². The van der Waals surface area contributed by atoms with Crippen LogP contribution in [0.2, 0.25) is 0 Å². The van der Waals surface area contributed by atoms with Crippen molar-refractivity contribution in [3.05, 3.63) is 224 Å². The van der Waals surface area contributed by atoms with Crippen LogP contribution in [0.25, 0.3) is 110 Å². The largest absolute Gasteiger partial charge is 0.455 e. The molecular formula is C60H37NO2. The lowest BCUT2D eigenvalue weighted by Gasteiger charge is -2.26. The molecule has 0 aliphatic rings. The highest BCUT2D eigenvalue weighted by Crippen LogP contribution is 2.44. The Hall–Kier alpha value is -8.40. The zero-order valence-electron chi connectivity index (χ0n) is 34.1. The lowest BCUT2D eigenvalue weighted by molar-refractivity contribution is 0.672. The van der Waals surface area contributed by atoms with Crippen molar-refractivity contribution in [2.45, 2.75) is 0 Å². The van der Waals surface area contributed by atoms with Gasteiger partial charge in [0.05, 0.1) is 0 Å². The molecule has 2 heterocycles. The minimum Gasteiger partial charge on any atom is -0.455 e. The fraction of sp³-hybridized carbons (Fsp3) is 0. The Bertz CT molecular complexity index is 3910. The number of furan rings is 2. The van der Waals surface area contributed by atoms with E-state index in [0.29, 0.717) is 0 Å². The second kappa shape index (κ2) is 14.1. The Morgan fingerprint density at radius 3 is 1.30 bits per heavy atom. The van der Waals surface area contributed by atoms with Crippen LogP contribution in [-0.2, 0) is 0 Å². The van der Waals surface area contributed by atoms with E-state index in [1.54, 1.807) is 0 Å². The lowest BCUT2D eigenvalue weighted by Crippen LogP contribution is -2.10. The molecule has 0 N–H and O–H groups in total. The van der Waals surface area contributed by atoms with Crippen molar-refractivity contribution in [3.8, 4) is 33.4 Å². The molecule has 3 nitrogen and oxygen atoms in total. The number of hydrogen-bond acceptors (Lipinski definition) is 3. The topological polar surface area (TPSA) is 29.5 Å². The summed E-state index contributed by atoms with van der Waals surface area (Å²) >= 11 is 0. The fourth-order valence-corrected chi connectivity index (χ4v) is 9.91. The number of anilines is 3. The summed E-state index contributed by atoms with van der Waals surface area (Å²) in [5, 5.41) is 11.6. The summed E-state index contributed by atoms with van der Waals surface area (Å²) in [7, 11) is 0. The normalized spacial score (nSPS) is 11.8. The molecule has 0 radical (unpaired) electrons. The van der Waals surface area contributed by atoms with Crippen molar-refractivity contribution in [3.63, 3.8) is 0 Å². The van der Waals surface area contributed by atoms with Gasteiger partial charge in [0.1, 0.15) is 22.3 Å². The van der Waals surface area contributed by atoms with Crippen LogP contribution in [0, 0.1) is 0 Å². The first-order valence-corrected chi connectivity index (χ1v) is 21.5. The molecule has 3 heteroatoms. The molecule has 2 aromatic heterocycles. The van der Waals surface area contributed by atoms with E-state index in [9.17, 15) is 0 Å². The van der Waals surface area contributed by atoms with Gasteiger partial charge in [0, 0.05) is 49.4 Å². The van der Waals surface area contributed by atoms with Crippen LogP contribution < -0.4 is 4.90 Å². The number of fused-ring (bicyclic) bond motifs is 11. The smallest absolute Gasteiger partial charge is 0.143 e. The third-order valence-electron chi connectivity index (χ3n) is 12.9. The fourth-order valence-electron chi connectivity index (χ4n) is 9.91. The predicted octanol–water partition coefficient (Wildman–Crippen LogP) is 17.4. The summed E-state index contributed by atoms with van der Waals surface area (Å²) in [5.74, 6) is 0. The van der Waals surface area contributed by atoms with Gasteiger partial charge in [-0.3, -0.25) is 0 Å². The Morgan fingerprint density at radius 2 is 0.714 bits per heavy atom. The summed E-state index contributed by atoms with van der Waals surface area (Å²) in [6.45, 7) is 0. The monoisotopic (exact) mass is 803 g/mol. The molecule has 0 unspecified atom stereocenters. The van der Waals surface area contributed by atoms with E-state index < -0.39 is 0 Å². The Morgan fingerprint density at radius 1 is 0.270 bits per heavy atom. The van der Waals surface area contributed by atoms with Gasteiger partial charge in [-0.1, -0.05) is 164 Å². The zero-order chi connectivity index (χ0) is 41.4. The first-order valence-electron chi connectivity index (χ1n) is 21.5. The highest BCUT2D eigenvalue weighted by molar-refractivity contribution is 6.20. The molecule has 11 aromatic carbocycles. The van der Waals surface area contributed by atoms with Crippen molar-refractivity contribution in [2.75, 3.05) is 4.90 Å². The van der Waals surface area contributed by atoms with Gasteiger partial charge in [-0.25, -0.2) is 0 Å². The minimum absolute atomic E-state index is 0.884. The third-order valence-corrected chi connectivity index (χ3v) is 12.9.